The summed E-state index contributed by atoms with van der Waals surface area (Å²) in [6, 6.07) is 0. The number of nitrogens with one attached hydrogen (secondary N) is 1. The van der Waals surface area contributed by atoms with E-state index in [1.807, 2.05) is 6.92 Å². The fraction of sp³-hybridized carbons (Fsp3) is 0.750. The van der Waals surface area contributed by atoms with Gasteiger partial charge in [0, 0.05) is 6.54 Å². The monoisotopic (exact) mass is 143 g/mol. The minimum absolute atomic E-state index is 0.927. The van der Waals surface area contributed by atoms with Gasteiger partial charge in [-0.2, -0.15) is 0 Å². The summed E-state index contributed by atoms with van der Waals surface area (Å²) in [5.74, 6) is 1.01. The molecule has 0 aromatic heterocycles. The Morgan fingerprint density at radius 2 is 2.00 bits per heavy atom. The molecule has 0 aromatic rings. The van der Waals surface area contributed by atoms with E-state index < -0.39 is 0 Å². The van der Waals surface area contributed by atoms with Crippen molar-refractivity contribution >= 4 is 0 Å². The largest absolute Gasteiger partial charge is 0.501 e. The lowest BCUT2D eigenvalue weighted by atomic mass is 10.2. The highest BCUT2D eigenvalue weighted by Gasteiger charge is 1.93. The van der Waals surface area contributed by atoms with Gasteiger partial charge in [0.05, 0.1) is 12.9 Å². The van der Waals surface area contributed by atoms with Gasteiger partial charge in [-0.3, -0.25) is 0 Å². The molecule has 0 atom stereocenters. The Morgan fingerprint density at radius 3 is 2.40 bits per heavy atom. The summed E-state index contributed by atoms with van der Waals surface area (Å²) >= 11 is 0. The third-order valence-corrected chi connectivity index (χ3v) is 1.55. The van der Waals surface area contributed by atoms with E-state index in [-0.39, 0.29) is 0 Å². The Labute approximate surface area is 63.3 Å². The molecule has 2 nitrogen and oxygen atoms in total. The third kappa shape index (κ3) is 3.51. The summed E-state index contributed by atoms with van der Waals surface area (Å²) in [6.45, 7) is 8.08. The highest BCUT2D eigenvalue weighted by molar-refractivity contribution is 5.04. The van der Waals surface area contributed by atoms with E-state index in [9.17, 15) is 0 Å². The first kappa shape index (κ1) is 9.50. The van der Waals surface area contributed by atoms with Crippen molar-refractivity contribution in [1.82, 2.24) is 5.32 Å². The third-order valence-electron chi connectivity index (χ3n) is 1.55. The smallest absolute Gasteiger partial charge is 0.0926 e. The van der Waals surface area contributed by atoms with Gasteiger partial charge in [0.25, 0.3) is 0 Å². The van der Waals surface area contributed by atoms with Gasteiger partial charge in [0.15, 0.2) is 0 Å². The molecule has 0 heterocycles. The average molecular weight is 143 g/mol. The van der Waals surface area contributed by atoms with Crippen LogP contribution in [0.4, 0.5) is 0 Å². The predicted octanol–water partition coefficient (Wildman–Crippen LogP) is 1.54. The molecular formula is C8H17NO. The zero-order valence-electron chi connectivity index (χ0n) is 7.32. The normalized spacial score (nSPS) is 12.8. The van der Waals surface area contributed by atoms with Crippen LogP contribution in [0, 0.1) is 0 Å². The minimum Gasteiger partial charge on any atom is -0.501 e. The molecule has 0 saturated heterocycles. The van der Waals surface area contributed by atoms with E-state index in [0.29, 0.717) is 0 Å². The van der Waals surface area contributed by atoms with Gasteiger partial charge in [-0.25, -0.2) is 0 Å². The highest BCUT2D eigenvalue weighted by atomic mass is 16.5. The van der Waals surface area contributed by atoms with Gasteiger partial charge < -0.3 is 10.1 Å². The Kier molecular flexibility index (Phi) is 5.03. The standard InChI is InChI=1S/C8H17NO/c1-5-9-6-7(2)8(3)10-4/h9H,5-6H2,1-4H3. The van der Waals surface area contributed by atoms with Crippen molar-refractivity contribution in [2.45, 2.75) is 20.8 Å². The molecule has 0 spiro atoms. The van der Waals surface area contributed by atoms with Crippen LogP contribution in [0.1, 0.15) is 20.8 Å². The molecule has 1 N–H and O–H groups in total. The molecule has 0 radical (unpaired) electrons. The maximum Gasteiger partial charge on any atom is 0.0926 e. The molecular weight excluding hydrogens is 126 g/mol. The van der Waals surface area contributed by atoms with Gasteiger partial charge in [-0.15, -0.1) is 0 Å². The summed E-state index contributed by atoms with van der Waals surface area (Å²) < 4.78 is 5.05. The topological polar surface area (TPSA) is 21.3 Å². The predicted molar refractivity (Wildman–Crippen MR) is 43.9 cm³/mol. The summed E-state index contributed by atoms with van der Waals surface area (Å²) in [5, 5.41) is 3.23. The van der Waals surface area contributed by atoms with Gasteiger partial charge in [0.1, 0.15) is 0 Å². The van der Waals surface area contributed by atoms with Crippen LogP contribution in [0.5, 0.6) is 0 Å². The second-order valence-electron chi connectivity index (χ2n) is 2.32. The van der Waals surface area contributed by atoms with Crippen LogP contribution in [-0.2, 0) is 4.74 Å². The Hall–Kier alpha value is -0.500. The zero-order valence-corrected chi connectivity index (χ0v) is 7.32. The summed E-state index contributed by atoms with van der Waals surface area (Å²) in [5.41, 5.74) is 1.27. The minimum atomic E-state index is 0.927. The molecule has 0 aliphatic rings. The van der Waals surface area contributed by atoms with Gasteiger partial charge >= 0.3 is 0 Å². The van der Waals surface area contributed by atoms with Crippen molar-refractivity contribution in [3.63, 3.8) is 0 Å². The summed E-state index contributed by atoms with van der Waals surface area (Å²) in [4.78, 5) is 0. The molecule has 0 fully saturated rings. The molecule has 0 bridgehead atoms. The van der Waals surface area contributed by atoms with E-state index in [1.54, 1.807) is 7.11 Å². The van der Waals surface area contributed by atoms with Crippen LogP contribution in [0.3, 0.4) is 0 Å². The lowest BCUT2D eigenvalue weighted by Crippen LogP contribution is -2.15. The van der Waals surface area contributed by atoms with E-state index in [4.69, 9.17) is 4.74 Å². The van der Waals surface area contributed by atoms with Crippen LogP contribution in [0.2, 0.25) is 0 Å². The molecule has 0 aliphatic carbocycles. The quantitative estimate of drug-likeness (QED) is 0.603. The fourth-order valence-corrected chi connectivity index (χ4v) is 0.611. The lowest BCUT2D eigenvalue weighted by Gasteiger charge is -2.05. The number of rotatable bonds is 4. The van der Waals surface area contributed by atoms with Crippen LogP contribution in [-0.4, -0.2) is 20.2 Å². The number of ether oxygens (including phenoxy) is 1. The zero-order chi connectivity index (χ0) is 7.98. The number of likely N-dealkylation sites (N-methyl/N-ethyl adjacent to an activating group) is 1. The molecule has 60 valence electrons. The Bertz CT molecular complexity index is 118. The van der Waals surface area contributed by atoms with Crippen LogP contribution < -0.4 is 5.32 Å². The molecule has 0 saturated carbocycles. The second kappa shape index (κ2) is 5.30. The van der Waals surface area contributed by atoms with Crippen molar-refractivity contribution in [2.24, 2.45) is 0 Å². The summed E-state index contributed by atoms with van der Waals surface area (Å²) in [7, 11) is 1.70. The Balaban J connectivity index is 3.68. The molecule has 10 heavy (non-hydrogen) atoms. The van der Waals surface area contributed by atoms with E-state index in [0.717, 1.165) is 18.8 Å². The lowest BCUT2D eigenvalue weighted by molar-refractivity contribution is 0.287. The first-order valence-corrected chi connectivity index (χ1v) is 3.63. The van der Waals surface area contributed by atoms with Crippen molar-refractivity contribution in [1.29, 1.82) is 0 Å². The van der Waals surface area contributed by atoms with Crippen LogP contribution >= 0.6 is 0 Å². The Morgan fingerprint density at radius 1 is 1.40 bits per heavy atom. The highest BCUT2D eigenvalue weighted by Crippen LogP contribution is 2.00. The fourth-order valence-electron chi connectivity index (χ4n) is 0.611. The maximum absolute atomic E-state index is 5.05. The molecule has 0 aliphatic heterocycles. The number of hydrogen-bond donors (Lipinski definition) is 1. The number of hydrogen-bond acceptors (Lipinski definition) is 2. The SMILES string of the molecule is CCNCC(C)=C(C)OC. The number of methoxy groups -OCH3 is 1. The molecule has 2 heteroatoms. The van der Waals surface area contributed by atoms with Crippen molar-refractivity contribution < 1.29 is 4.74 Å². The molecule has 0 aromatic carbocycles. The van der Waals surface area contributed by atoms with Crippen molar-refractivity contribution in [3.8, 4) is 0 Å². The van der Waals surface area contributed by atoms with E-state index in [2.05, 4.69) is 19.2 Å². The van der Waals surface area contributed by atoms with Crippen molar-refractivity contribution in [2.75, 3.05) is 20.2 Å². The summed E-state index contributed by atoms with van der Waals surface area (Å²) in [6.07, 6.45) is 0. The number of allylic oxidation sites excluding steroid dienone is 1. The van der Waals surface area contributed by atoms with Crippen LogP contribution in [0.25, 0.3) is 0 Å². The molecule has 0 rings (SSSR count). The molecule has 0 amide bonds. The maximum atomic E-state index is 5.05. The average Bonchev–Trinajstić information content (AvgIpc) is 1.98. The van der Waals surface area contributed by atoms with E-state index in [1.165, 1.54) is 5.57 Å². The van der Waals surface area contributed by atoms with Gasteiger partial charge in [-0.1, -0.05) is 6.92 Å². The van der Waals surface area contributed by atoms with Gasteiger partial charge in [0.2, 0.25) is 0 Å². The van der Waals surface area contributed by atoms with Crippen LogP contribution in [0.15, 0.2) is 11.3 Å². The van der Waals surface area contributed by atoms with E-state index >= 15 is 0 Å². The second-order valence-corrected chi connectivity index (χ2v) is 2.32. The van der Waals surface area contributed by atoms with Gasteiger partial charge in [-0.05, 0) is 26.0 Å². The first-order chi connectivity index (χ1) is 4.72. The van der Waals surface area contributed by atoms with Crippen molar-refractivity contribution in [3.05, 3.63) is 11.3 Å². The molecule has 0 unspecified atom stereocenters. The first-order valence-electron chi connectivity index (χ1n) is 3.63.